The van der Waals surface area contributed by atoms with Gasteiger partial charge in [-0.3, -0.25) is 0 Å². The molecule has 0 bridgehead atoms. The number of rotatable bonds is 5. The molecular weight excluding hydrogens is 301 g/mol. The molecule has 3 aromatic carbocycles. The summed E-state index contributed by atoms with van der Waals surface area (Å²) in [4.78, 5) is 0. The van der Waals surface area contributed by atoms with E-state index in [0.29, 0.717) is 17.9 Å². The standard InChI is InChI=1S/C21H20FNO/c1-15(14-24-19-10-8-18(23)9-11-19)17-7-12-20(21(22)13-17)16-5-3-2-4-6-16/h2-13,15H,14,23H2,1H3. The fourth-order valence-electron chi connectivity index (χ4n) is 2.57. The van der Waals surface area contributed by atoms with Crippen molar-refractivity contribution in [2.45, 2.75) is 12.8 Å². The topological polar surface area (TPSA) is 35.2 Å². The highest BCUT2D eigenvalue weighted by Gasteiger charge is 2.11. The summed E-state index contributed by atoms with van der Waals surface area (Å²) in [6.07, 6.45) is 0. The Hall–Kier alpha value is -2.81. The van der Waals surface area contributed by atoms with E-state index < -0.39 is 0 Å². The van der Waals surface area contributed by atoms with Crippen molar-refractivity contribution in [3.63, 3.8) is 0 Å². The van der Waals surface area contributed by atoms with Crippen LogP contribution in [0.25, 0.3) is 11.1 Å². The molecule has 1 atom stereocenters. The van der Waals surface area contributed by atoms with Gasteiger partial charge in [0.1, 0.15) is 11.6 Å². The van der Waals surface area contributed by atoms with Crippen LogP contribution in [0.2, 0.25) is 0 Å². The number of hydrogen-bond donors (Lipinski definition) is 1. The van der Waals surface area contributed by atoms with E-state index in [1.165, 1.54) is 0 Å². The second kappa shape index (κ2) is 7.18. The van der Waals surface area contributed by atoms with E-state index in [1.807, 2.05) is 61.5 Å². The fraction of sp³-hybridized carbons (Fsp3) is 0.143. The maximum Gasteiger partial charge on any atom is 0.131 e. The van der Waals surface area contributed by atoms with E-state index in [4.69, 9.17) is 10.5 Å². The zero-order valence-electron chi connectivity index (χ0n) is 13.6. The van der Waals surface area contributed by atoms with Gasteiger partial charge in [-0.25, -0.2) is 4.39 Å². The fourth-order valence-corrected chi connectivity index (χ4v) is 2.57. The molecule has 0 spiro atoms. The van der Waals surface area contributed by atoms with Gasteiger partial charge in [-0.1, -0.05) is 49.4 Å². The molecule has 2 nitrogen and oxygen atoms in total. The lowest BCUT2D eigenvalue weighted by Crippen LogP contribution is -2.07. The molecule has 1 unspecified atom stereocenters. The number of hydrogen-bond acceptors (Lipinski definition) is 2. The summed E-state index contributed by atoms with van der Waals surface area (Å²) >= 11 is 0. The van der Waals surface area contributed by atoms with Gasteiger partial charge in [0, 0.05) is 17.2 Å². The predicted octanol–water partition coefficient (Wildman–Crippen LogP) is 5.26. The summed E-state index contributed by atoms with van der Waals surface area (Å²) < 4.78 is 20.2. The van der Waals surface area contributed by atoms with Gasteiger partial charge >= 0.3 is 0 Å². The molecule has 3 heteroatoms. The van der Waals surface area contributed by atoms with Crippen LogP contribution < -0.4 is 10.5 Å². The molecule has 0 amide bonds. The molecule has 0 saturated heterocycles. The van der Waals surface area contributed by atoms with E-state index in [-0.39, 0.29) is 11.7 Å². The minimum atomic E-state index is -0.210. The van der Waals surface area contributed by atoms with Crippen LogP contribution in [0.5, 0.6) is 5.75 Å². The van der Waals surface area contributed by atoms with E-state index in [1.54, 1.807) is 18.2 Å². The Morgan fingerprint density at radius 1 is 0.958 bits per heavy atom. The highest BCUT2D eigenvalue weighted by atomic mass is 19.1. The van der Waals surface area contributed by atoms with Crippen molar-refractivity contribution < 1.29 is 9.13 Å². The van der Waals surface area contributed by atoms with E-state index in [9.17, 15) is 4.39 Å². The molecule has 0 aliphatic heterocycles. The van der Waals surface area contributed by atoms with Crippen molar-refractivity contribution in [3.8, 4) is 16.9 Å². The average molecular weight is 321 g/mol. The Balaban J connectivity index is 1.70. The van der Waals surface area contributed by atoms with Crippen molar-refractivity contribution >= 4 is 5.69 Å². The number of anilines is 1. The van der Waals surface area contributed by atoms with Crippen molar-refractivity contribution in [1.29, 1.82) is 0 Å². The Bertz CT molecular complexity index is 800. The highest BCUT2D eigenvalue weighted by Crippen LogP contribution is 2.26. The summed E-state index contributed by atoms with van der Waals surface area (Å²) in [7, 11) is 0. The Morgan fingerprint density at radius 3 is 2.33 bits per heavy atom. The van der Waals surface area contributed by atoms with Crippen LogP contribution in [0.4, 0.5) is 10.1 Å². The zero-order valence-corrected chi connectivity index (χ0v) is 13.6. The third kappa shape index (κ3) is 3.74. The zero-order chi connectivity index (χ0) is 16.9. The Labute approximate surface area is 141 Å². The van der Waals surface area contributed by atoms with Crippen LogP contribution in [0.15, 0.2) is 72.8 Å². The summed E-state index contributed by atoms with van der Waals surface area (Å²) in [5, 5.41) is 0. The average Bonchev–Trinajstić information content (AvgIpc) is 2.61. The minimum Gasteiger partial charge on any atom is -0.493 e. The molecule has 0 saturated carbocycles. The molecule has 0 radical (unpaired) electrons. The van der Waals surface area contributed by atoms with E-state index in [2.05, 4.69) is 0 Å². The normalized spacial score (nSPS) is 11.9. The molecule has 122 valence electrons. The highest BCUT2D eigenvalue weighted by molar-refractivity contribution is 5.64. The van der Waals surface area contributed by atoms with Gasteiger partial charge in [0.05, 0.1) is 6.61 Å². The van der Waals surface area contributed by atoms with Gasteiger partial charge in [-0.2, -0.15) is 0 Å². The van der Waals surface area contributed by atoms with Gasteiger partial charge in [-0.15, -0.1) is 0 Å². The molecule has 0 fully saturated rings. The molecule has 0 aromatic heterocycles. The van der Waals surface area contributed by atoms with Crippen LogP contribution in [0, 0.1) is 5.82 Å². The summed E-state index contributed by atoms with van der Waals surface area (Å²) in [6.45, 7) is 2.50. The van der Waals surface area contributed by atoms with Crippen molar-refractivity contribution in [2.75, 3.05) is 12.3 Å². The monoisotopic (exact) mass is 321 g/mol. The summed E-state index contributed by atoms with van der Waals surface area (Å²) in [5.74, 6) is 0.636. The molecule has 2 N–H and O–H groups in total. The minimum absolute atomic E-state index is 0.0851. The molecule has 24 heavy (non-hydrogen) atoms. The van der Waals surface area contributed by atoms with Gasteiger partial charge in [0.15, 0.2) is 0 Å². The quantitative estimate of drug-likeness (QED) is 0.651. The van der Waals surface area contributed by atoms with Gasteiger partial charge in [0.2, 0.25) is 0 Å². The molecular formula is C21H20FNO. The second-order valence-corrected chi connectivity index (χ2v) is 5.89. The molecule has 0 aliphatic rings. The van der Waals surface area contributed by atoms with Gasteiger partial charge in [0.25, 0.3) is 0 Å². The summed E-state index contributed by atoms with van der Waals surface area (Å²) in [5.41, 5.74) is 8.78. The van der Waals surface area contributed by atoms with Crippen LogP contribution in [-0.4, -0.2) is 6.61 Å². The largest absolute Gasteiger partial charge is 0.493 e. The maximum absolute atomic E-state index is 14.4. The molecule has 0 aliphatic carbocycles. The van der Waals surface area contributed by atoms with Crippen molar-refractivity contribution in [2.24, 2.45) is 0 Å². The van der Waals surface area contributed by atoms with Gasteiger partial charge < -0.3 is 10.5 Å². The number of nitrogens with two attached hydrogens (primary N) is 1. The van der Waals surface area contributed by atoms with Crippen LogP contribution in [0.3, 0.4) is 0 Å². The number of nitrogen functional groups attached to an aromatic ring is 1. The number of benzene rings is 3. The first-order valence-electron chi connectivity index (χ1n) is 7.96. The third-order valence-electron chi connectivity index (χ3n) is 4.03. The smallest absolute Gasteiger partial charge is 0.131 e. The van der Waals surface area contributed by atoms with Crippen LogP contribution >= 0.6 is 0 Å². The Kier molecular flexibility index (Phi) is 4.80. The lowest BCUT2D eigenvalue weighted by molar-refractivity contribution is 0.295. The number of ether oxygens (including phenoxy) is 1. The SMILES string of the molecule is CC(COc1ccc(N)cc1)c1ccc(-c2ccccc2)c(F)c1. The van der Waals surface area contributed by atoms with Gasteiger partial charge in [-0.05, 0) is 41.5 Å². The van der Waals surface area contributed by atoms with E-state index >= 15 is 0 Å². The van der Waals surface area contributed by atoms with Crippen molar-refractivity contribution in [1.82, 2.24) is 0 Å². The molecule has 0 heterocycles. The first-order chi connectivity index (χ1) is 11.6. The maximum atomic E-state index is 14.4. The Morgan fingerprint density at radius 2 is 1.67 bits per heavy atom. The lowest BCUT2D eigenvalue weighted by Gasteiger charge is -2.15. The molecule has 3 aromatic rings. The van der Waals surface area contributed by atoms with Crippen LogP contribution in [-0.2, 0) is 0 Å². The van der Waals surface area contributed by atoms with E-state index in [0.717, 1.165) is 16.9 Å². The third-order valence-corrected chi connectivity index (χ3v) is 4.03. The summed E-state index contributed by atoms with van der Waals surface area (Å²) in [6, 6.07) is 22.2. The van der Waals surface area contributed by atoms with Crippen molar-refractivity contribution in [3.05, 3.63) is 84.2 Å². The number of halogens is 1. The second-order valence-electron chi connectivity index (χ2n) is 5.89. The predicted molar refractivity (Wildman–Crippen MR) is 96.6 cm³/mol. The molecule has 3 rings (SSSR count). The first kappa shape index (κ1) is 16.1. The first-order valence-corrected chi connectivity index (χ1v) is 7.96. The van der Waals surface area contributed by atoms with Crippen LogP contribution in [0.1, 0.15) is 18.4 Å². The lowest BCUT2D eigenvalue weighted by atomic mass is 9.97.